The number of nitrogens with zero attached hydrogens (tertiary/aromatic N) is 1. The number of rotatable bonds is 3. The summed E-state index contributed by atoms with van der Waals surface area (Å²) in [5, 5.41) is 11.6. The highest BCUT2D eigenvalue weighted by atomic mass is 16.4. The van der Waals surface area contributed by atoms with Gasteiger partial charge in [0.1, 0.15) is 0 Å². The molecule has 2 unspecified atom stereocenters. The zero-order valence-electron chi connectivity index (χ0n) is 12.5. The van der Waals surface area contributed by atoms with Crippen molar-refractivity contribution in [2.24, 2.45) is 5.92 Å². The third-order valence-corrected chi connectivity index (χ3v) is 3.94. The van der Waals surface area contributed by atoms with Crippen LogP contribution in [0.2, 0.25) is 0 Å². The second-order valence-electron chi connectivity index (χ2n) is 5.88. The first-order chi connectivity index (χ1) is 9.95. The van der Waals surface area contributed by atoms with Crippen LogP contribution < -0.4 is 5.32 Å². The molecular formula is C16H22N2O3. The van der Waals surface area contributed by atoms with Crippen LogP contribution >= 0.6 is 0 Å². The van der Waals surface area contributed by atoms with Gasteiger partial charge in [-0.15, -0.1) is 0 Å². The minimum absolute atomic E-state index is 0.00506. The van der Waals surface area contributed by atoms with Crippen molar-refractivity contribution in [3.05, 3.63) is 29.8 Å². The third-order valence-electron chi connectivity index (χ3n) is 3.94. The fourth-order valence-corrected chi connectivity index (χ4v) is 2.65. The monoisotopic (exact) mass is 290 g/mol. The smallest absolute Gasteiger partial charge is 0.322 e. The highest BCUT2D eigenvalue weighted by Gasteiger charge is 2.26. The van der Waals surface area contributed by atoms with Gasteiger partial charge in [-0.1, -0.05) is 19.1 Å². The molecule has 5 nitrogen and oxygen atoms in total. The van der Waals surface area contributed by atoms with Crippen molar-refractivity contribution in [1.82, 2.24) is 4.90 Å². The van der Waals surface area contributed by atoms with Crippen LogP contribution in [0, 0.1) is 5.92 Å². The number of carboxylic acid groups (broad SMARTS) is 1. The number of aliphatic carboxylic acids is 1. The number of nitrogens with one attached hydrogen (secondary N) is 1. The van der Waals surface area contributed by atoms with E-state index in [1.807, 2.05) is 4.90 Å². The Morgan fingerprint density at radius 2 is 1.90 bits per heavy atom. The van der Waals surface area contributed by atoms with Gasteiger partial charge < -0.3 is 15.3 Å². The van der Waals surface area contributed by atoms with E-state index in [-0.39, 0.29) is 18.5 Å². The first-order valence-electron chi connectivity index (χ1n) is 7.34. The second kappa shape index (κ2) is 6.61. The molecule has 1 aliphatic rings. The lowest BCUT2D eigenvalue weighted by atomic mass is 9.95. The molecule has 0 aliphatic carbocycles. The van der Waals surface area contributed by atoms with Crippen LogP contribution in [0.25, 0.3) is 0 Å². The summed E-state index contributed by atoms with van der Waals surface area (Å²) in [6.45, 7) is 5.01. The molecule has 0 spiro atoms. The minimum Gasteiger partial charge on any atom is -0.481 e. The highest BCUT2D eigenvalue weighted by Crippen LogP contribution is 2.22. The molecule has 0 bridgehead atoms. The molecule has 0 saturated carbocycles. The Kier molecular flexibility index (Phi) is 4.83. The Hall–Kier alpha value is -2.04. The molecule has 0 radical (unpaired) electrons. The Labute approximate surface area is 125 Å². The molecule has 1 saturated heterocycles. The van der Waals surface area contributed by atoms with E-state index in [0.717, 1.165) is 24.9 Å². The van der Waals surface area contributed by atoms with Gasteiger partial charge in [-0.05, 0) is 43.4 Å². The second-order valence-corrected chi connectivity index (χ2v) is 5.88. The standard InChI is InChI=1S/C16H22N2O3/c1-11-3-4-12(2)18(10-11)16(21)17-14-7-5-13(6-8-14)9-15(19)20/h5-8,11-12H,3-4,9-10H2,1-2H3,(H,17,21)(H,19,20). The maximum absolute atomic E-state index is 12.3. The van der Waals surface area contributed by atoms with Crippen LogP contribution in [-0.2, 0) is 11.2 Å². The maximum Gasteiger partial charge on any atom is 0.322 e. The van der Waals surface area contributed by atoms with Crippen LogP contribution in [0.1, 0.15) is 32.3 Å². The summed E-state index contributed by atoms with van der Waals surface area (Å²) in [6, 6.07) is 7.12. The van der Waals surface area contributed by atoms with Crippen molar-refractivity contribution in [2.45, 2.75) is 39.2 Å². The molecule has 1 aliphatic heterocycles. The largest absolute Gasteiger partial charge is 0.481 e. The summed E-state index contributed by atoms with van der Waals surface area (Å²) in [6.07, 6.45) is 2.19. The number of carbonyl (C=O) groups excluding carboxylic acids is 1. The van der Waals surface area contributed by atoms with Crippen molar-refractivity contribution in [3.63, 3.8) is 0 Å². The van der Waals surface area contributed by atoms with E-state index < -0.39 is 5.97 Å². The fourth-order valence-electron chi connectivity index (χ4n) is 2.65. The normalized spacial score (nSPS) is 21.9. The van der Waals surface area contributed by atoms with E-state index in [2.05, 4.69) is 19.2 Å². The van der Waals surface area contributed by atoms with Crippen LogP contribution in [0.3, 0.4) is 0 Å². The lowest BCUT2D eigenvalue weighted by Crippen LogP contribution is -2.46. The highest BCUT2D eigenvalue weighted by molar-refractivity contribution is 5.89. The summed E-state index contributed by atoms with van der Waals surface area (Å²) in [5.74, 6) is -0.326. The van der Waals surface area contributed by atoms with Gasteiger partial charge in [-0.2, -0.15) is 0 Å². The summed E-state index contributed by atoms with van der Waals surface area (Å²) in [4.78, 5) is 24.8. The van der Waals surface area contributed by atoms with E-state index in [1.54, 1.807) is 24.3 Å². The van der Waals surface area contributed by atoms with Gasteiger partial charge in [0, 0.05) is 18.3 Å². The first-order valence-corrected chi connectivity index (χ1v) is 7.34. The molecular weight excluding hydrogens is 268 g/mol. The molecule has 2 amide bonds. The average Bonchev–Trinajstić information content (AvgIpc) is 2.43. The predicted molar refractivity (Wildman–Crippen MR) is 81.4 cm³/mol. The minimum atomic E-state index is -0.858. The van der Waals surface area contributed by atoms with Gasteiger partial charge in [0.05, 0.1) is 6.42 Å². The van der Waals surface area contributed by atoms with Crippen LogP contribution in [-0.4, -0.2) is 34.6 Å². The molecule has 1 fully saturated rings. The molecule has 21 heavy (non-hydrogen) atoms. The van der Waals surface area contributed by atoms with Crippen molar-refractivity contribution in [1.29, 1.82) is 0 Å². The van der Waals surface area contributed by atoms with Gasteiger partial charge in [-0.25, -0.2) is 4.79 Å². The number of anilines is 1. The summed E-state index contributed by atoms with van der Waals surface area (Å²) in [7, 11) is 0. The van der Waals surface area contributed by atoms with E-state index in [0.29, 0.717) is 11.6 Å². The number of carboxylic acids is 1. The van der Waals surface area contributed by atoms with E-state index >= 15 is 0 Å². The molecule has 114 valence electrons. The molecule has 1 heterocycles. The SMILES string of the molecule is CC1CCC(C)N(C(=O)Nc2ccc(CC(=O)O)cc2)C1. The lowest BCUT2D eigenvalue weighted by molar-refractivity contribution is -0.136. The quantitative estimate of drug-likeness (QED) is 0.899. The number of hydrogen-bond acceptors (Lipinski definition) is 2. The molecule has 2 N–H and O–H groups in total. The average molecular weight is 290 g/mol. The van der Waals surface area contributed by atoms with Gasteiger partial charge in [0.25, 0.3) is 0 Å². The van der Waals surface area contributed by atoms with Crippen LogP contribution in [0.15, 0.2) is 24.3 Å². The number of likely N-dealkylation sites (tertiary alicyclic amines) is 1. The summed E-state index contributed by atoms with van der Waals surface area (Å²) < 4.78 is 0. The number of piperidine rings is 1. The van der Waals surface area contributed by atoms with Crippen LogP contribution in [0.4, 0.5) is 10.5 Å². The number of carbonyl (C=O) groups is 2. The Balaban J connectivity index is 1.97. The molecule has 5 heteroatoms. The topological polar surface area (TPSA) is 69.6 Å². The van der Waals surface area contributed by atoms with Crippen molar-refractivity contribution in [3.8, 4) is 0 Å². The van der Waals surface area contributed by atoms with Crippen molar-refractivity contribution in [2.75, 3.05) is 11.9 Å². The third kappa shape index (κ3) is 4.21. The zero-order chi connectivity index (χ0) is 15.4. The lowest BCUT2D eigenvalue weighted by Gasteiger charge is -2.36. The summed E-state index contributed by atoms with van der Waals surface area (Å²) in [5.41, 5.74) is 1.42. The Morgan fingerprint density at radius 3 is 2.52 bits per heavy atom. The number of benzene rings is 1. The molecule has 2 rings (SSSR count). The number of urea groups is 1. The van der Waals surface area contributed by atoms with Gasteiger partial charge in [-0.3, -0.25) is 4.79 Å². The van der Waals surface area contributed by atoms with Crippen LogP contribution in [0.5, 0.6) is 0 Å². The molecule has 2 atom stereocenters. The molecule has 1 aromatic carbocycles. The van der Waals surface area contributed by atoms with E-state index in [1.165, 1.54) is 0 Å². The number of amides is 2. The van der Waals surface area contributed by atoms with Gasteiger partial charge in [0.2, 0.25) is 0 Å². The van der Waals surface area contributed by atoms with Crippen molar-refractivity contribution < 1.29 is 14.7 Å². The van der Waals surface area contributed by atoms with Gasteiger partial charge >= 0.3 is 12.0 Å². The maximum atomic E-state index is 12.3. The fraction of sp³-hybridized carbons (Fsp3) is 0.500. The van der Waals surface area contributed by atoms with E-state index in [9.17, 15) is 9.59 Å². The zero-order valence-corrected chi connectivity index (χ0v) is 12.5. The predicted octanol–water partition coefficient (Wildman–Crippen LogP) is 2.97. The Bertz CT molecular complexity index is 513. The van der Waals surface area contributed by atoms with Crippen molar-refractivity contribution >= 4 is 17.7 Å². The first kappa shape index (κ1) is 15.4. The van der Waals surface area contributed by atoms with Gasteiger partial charge in [0.15, 0.2) is 0 Å². The summed E-state index contributed by atoms with van der Waals surface area (Å²) >= 11 is 0. The number of hydrogen-bond donors (Lipinski definition) is 2. The molecule has 0 aromatic heterocycles. The Morgan fingerprint density at radius 1 is 1.24 bits per heavy atom. The van der Waals surface area contributed by atoms with E-state index in [4.69, 9.17) is 5.11 Å². The molecule has 1 aromatic rings.